The quantitative estimate of drug-likeness (QED) is 0.419. The van der Waals surface area contributed by atoms with E-state index in [1.807, 2.05) is 0 Å². The molecule has 0 saturated carbocycles. The lowest BCUT2D eigenvalue weighted by atomic mass is 10.1. The van der Waals surface area contributed by atoms with Crippen LogP contribution in [-0.2, 0) is 19.2 Å². The van der Waals surface area contributed by atoms with Gasteiger partial charge in [-0.05, 0) is 12.8 Å². The lowest BCUT2D eigenvalue weighted by Gasteiger charge is -2.24. The summed E-state index contributed by atoms with van der Waals surface area (Å²) in [7, 11) is 1.23. The second-order valence-corrected chi connectivity index (χ2v) is 4.27. The van der Waals surface area contributed by atoms with Gasteiger partial charge in [-0.3, -0.25) is 14.4 Å². The minimum Gasteiger partial charge on any atom is -0.481 e. The number of rotatable bonds is 9. The average molecular weight is 290 g/mol. The average Bonchev–Trinajstić information content (AvgIpc) is 2.34. The van der Waals surface area contributed by atoms with Crippen molar-refractivity contribution in [2.75, 3.05) is 7.05 Å². The van der Waals surface area contributed by atoms with Crippen molar-refractivity contribution in [2.45, 2.75) is 37.8 Å². The van der Waals surface area contributed by atoms with Gasteiger partial charge in [0.15, 0.2) is 0 Å². The van der Waals surface area contributed by atoms with Crippen LogP contribution in [0, 0.1) is 0 Å². The molecule has 0 aliphatic rings. The molecule has 0 aromatic rings. The van der Waals surface area contributed by atoms with Gasteiger partial charge in [0.05, 0.1) is 0 Å². The fourth-order valence-electron chi connectivity index (χ4n) is 1.50. The predicted octanol–water partition coefficient (Wildman–Crippen LogP) is -1.05. The van der Waals surface area contributed by atoms with Crippen molar-refractivity contribution >= 4 is 23.8 Å². The van der Waals surface area contributed by atoms with Crippen LogP contribution in [0.25, 0.3) is 0 Å². The monoisotopic (exact) mass is 290 g/mol. The van der Waals surface area contributed by atoms with Crippen LogP contribution in [0.15, 0.2) is 0 Å². The van der Waals surface area contributed by atoms with E-state index in [1.54, 1.807) is 0 Å². The zero-order chi connectivity index (χ0) is 15.9. The molecule has 2 atom stereocenters. The summed E-state index contributed by atoms with van der Waals surface area (Å²) in [6.45, 7) is 0. The number of carboxylic acids is 3. The standard InChI is InChI=1S/C11H18N2O7/c1-13(7(11(19)20)3-5-9(15)16)8(14)4-2-6(12)10(17)18/h6-7H,2-5,12H2,1H3,(H,15,16)(H,17,18)(H,19,20). The largest absolute Gasteiger partial charge is 0.481 e. The molecule has 0 spiro atoms. The van der Waals surface area contributed by atoms with E-state index >= 15 is 0 Å². The third kappa shape index (κ3) is 6.14. The highest BCUT2D eigenvalue weighted by Gasteiger charge is 2.27. The summed E-state index contributed by atoms with van der Waals surface area (Å²) >= 11 is 0. The first kappa shape index (κ1) is 17.8. The Kier molecular flexibility index (Phi) is 7.22. The van der Waals surface area contributed by atoms with Crippen LogP contribution < -0.4 is 5.73 Å². The zero-order valence-corrected chi connectivity index (χ0v) is 11.0. The first-order chi connectivity index (χ1) is 9.16. The van der Waals surface area contributed by atoms with Gasteiger partial charge < -0.3 is 26.0 Å². The van der Waals surface area contributed by atoms with E-state index in [2.05, 4.69) is 0 Å². The summed E-state index contributed by atoms with van der Waals surface area (Å²) < 4.78 is 0. The summed E-state index contributed by atoms with van der Waals surface area (Å²) in [6.07, 6.45) is -0.953. The van der Waals surface area contributed by atoms with Gasteiger partial charge in [0, 0.05) is 19.9 Å². The molecule has 0 fully saturated rings. The number of nitrogens with two attached hydrogens (primary N) is 1. The molecule has 0 heterocycles. The van der Waals surface area contributed by atoms with Gasteiger partial charge in [-0.15, -0.1) is 0 Å². The zero-order valence-electron chi connectivity index (χ0n) is 11.0. The van der Waals surface area contributed by atoms with Crippen molar-refractivity contribution in [3.8, 4) is 0 Å². The Morgan fingerprint density at radius 1 is 1.00 bits per heavy atom. The number of carbonyl (C=O) groups is 4. The Bertz CT molecular complexity index is 396. The minimum atomic E-state index is -1.32. The highest BCUT2D eigenvalue weighted by Crippen LogP contribution is 2.09. The summed E-state index contributed by atoms with van der Waals surface area (Å²) in [4.78, 5) is 44.6. The van der Waals surface area contributed by atoms with Crippen LogP contribution >= 0.6 is 0 Å². The van der Waals surface area contributed by atoms with Crippen LogP contribution in [0.2, 0.25) is 0 Å². The van der Waals surface area contributed by atoms with Crippen molar-refractivity contribution in [1.29, 1.82) is 0 Å². The van der Waals surface area contributed by atoms with Crippen molar-refractivity contribution in [2.24, 2.45) is 5.73 Å². The maximum atomic E-state index is 11.7. The number of carbonyl (C=O) groups excluding carboxylic acids is 1. The van der Waals surface area contributed by atoms with Crippen molar-refractivity contribution in [3.05, 3.63) is 0 Å². The van der Waals surface area contributed by atoms with E-state index in [1.165, 1.54) is 7.05 Å². The van der Waals surface area contributed by atoms with Gasteiger partial charge in [-0.25, -0.2) is 4.79 Å². The molecule has 0 aliphatic heterocycles. The van der Waals surface area contributed by atoms with E-state index in [9.17, 15) is 19.2 Å². The van der Waals surface area contributed by atoms with Crippen LogP contribution in [0.5, 0.6) is 0 Å². The minimum absolute atomic E-state index is 0.121. The summed E-state index contributed by atoms with van der Waals surface area (Å²) in [5.74, 6) is -4.32. The molecule has 20 heavy (non-hydrogen) atoms. The molecule has 0 aromatic heterocycles. The van der Waals surface area contributed by atoms with E-state index in [4.69, 9.17) is 21.1 Å². The number of amides is 1. The normalized spacial score (nSPS) is 13.3. The number of aliphatic carboxylic acids is 3. The van der Waals surface area contributed by atoms with Gasteiger partial charge in [0.2, 0.25) is 5.91 Å². The fourth-order valence-corrected chi connectivity index (χ4v) is 1.50. The van der Waals surface area contributed by atoms with Gasteiger partial charge in [0.1, 0.15) is 12.1 Å². The predicted molar refractivity (Wildman–Crippen MR) is 65.9 cm³/mol. The molecule has 114 valence electrons. The number of likely N-dealkylation sites (N-methyl/N-ethyl adjacent to an activating group) is 1. The molecule has 0 bridgehead atoms. The topological polar surface area (TPSA) is 158 Å². The molecular weight excluding hydrogens is 272 g/mol. The molecule has 0 rings (SSSR count). The molecule has 9 nitrogen and oxygen atoms in total. The first-order valence-corrected chi connectivity index (χ1v) is 5.85. The van der Waals surface area contributed by atoms with E-state index in [0.29, 0.717) is 0 Å². The second-order valence-electron chi connectivity index (χ2n) is 4.27. The summed E-state index contributed by atoms with van der Waals surface area (Å²) in [5, 5.41) is 26.1. The van der Waals surface area contributed by atoms with Crippen molar-refractivity contribution in [3.63, 3.8) is 0 Å². The second kappa shape index (κ2) is 8.10. The van der Waals surface area contributed by atoms with Crippen LogP contribution in [0.3, 0.4) is 0 Å². The summed E-state index contributed by atoms with van der Waals surface area (Å²) in [5.41, 5.74) is 5.23. The van der Waals surface area contributed by atoms with Gasteiger partial charge >= 0.3 is 17.9 Å². The fraction of sp³-hybridized carbons (Fsp3) is 0.636. The number of hydrogen-bond acceptors (Lipinski definition) is 5. The molecule has 0 aliphatic carbocycles. The Morgan fingerprint density at radius 3 is 1.95 bits per heavy atom. The Hall–Kier alpha value is -2.16. The van der Waals surface area contributed by atoms with Gasteiger partial charge in [-0.1, -0.05) is 0 Å². The smallest absolute Gasteiger partial charge is 0.326 e. The summed E-state index contributed by atoms with van der Waals surface area (Å²) in [6, 6.07) is -2.46. The van der Waals surface area contributed by atoms with Crippen molar-refractivity contribution in [1.82, 2.24) is 4.90 Å². The van der Waals surface area contributed by atoms with Crippen LogP contribution in [-0.4, -0.2) is 63.2 Å². The molecule has 2 unspecified atom stereocenters. The third-order valence-corrected chi connectivity index (χ3v) is 2.76. The molecule has 0 aromatic carbocycles. The molecule has 9 heteroatoms. The molecule has 5 N–H and O–H groups in total. The first-order valence-electron chi connectivity index (χ1n) is 5.85. The van der Waals surface area contributed by atoms with Crippen LogP contribution in [0.4, 0.5) is 0 Å². The third-order valence-electron chi connectivity index (χ3n) is 2.76. The Labute approximate surface area is 115 Å². The van der Waals surface area contributed by atoms with Crippen LogP contribution in [0.1, 0.15) is 25.7 Å². The Balaban J connectivity index is 4.52. The van der Waals surface area contributed by atoms with E-state index < -0.39 is 35.9 Å². The molecule has 0 radical (unpaired) electrons. The lowest BCUT2D eigenvalue weighted by Crippen LogP contribution is -2.43. The number of nitrogens with zero attached hydrogens (tertiary/aromatic N) is 1. The maximum absolute atomic E-state index is 11.7. The number of carboxylic acid groups (broad SMARTS) is 3. The SMILES string of the molecule is CN(C(=O)CCC(N)C(=O)O)C(CCC(=O)O)C(=O)O. The highest BCUT2D eigenvalue weighted by atomic mass is 16.4. The van der Waals surface area contributed by atoms with Crippen molar-refractivity contribution < 1.29 is 34.5 Å². The van der Waals surface area contributed by atoms with E-state index in [-0.39, 0.29) is 25.7 Å². The van der Waals surface area contributed by atoms with Gasteiger partial charge in [-0.2, -0.15) is 0 Å². The van der Waals surface area contributed by atoms with E-state index in [0.717, 1.165) is 4.90 Å². The maximum Gasteiger partial charge on any atom is 0.326 e. The highest BCUT2D eigenvalue weighted by molar-refractivity contribution is 5.84. The molecule has 0 saturated heterocycles. The van der Waals surface area contributed by atoms with Gasteiger partial charge in [0.25, 0.3) is 0 Å². The molecule has 1 amide bonds. The molecular formula is C11H18N2O7. The lowest BCUT2D eigenvalue weighted by molar-refractivity contribution is -0.150. The Morgan fingerprint density at radius 2 is 1.55 bits per heavy atom. The number of hydrogen-bond donors (Lipinski definition) is 4.